The number of aliphatic hydroxyl groups is 1. The van der Waals surface area contributed by atoms with Gasteiger partial charge in [0.25, 0.3) is 0 Å². The highest BCUT2D eigenvalue weighted by Crippen LogP contribution is 2.13. The summed E-state index contributed by atoms with van der Waals surface area (Å²) < 4.78 is 2.14. The predicted molar refractivity (Wildman–Crippen MR) is 70.1 cm³/mol. The first kappa shape index (κ1) is 14.2. The Morgan fingerprint density at radius 3 is 2.53 bits per heavy atom. The number of aromatic nitrogens is 2. The molecule has 0 radical (unpaired) electrons. The molecule has 0 aliphatic carbocycles. The van der Waals surface area contributed by atoms with Crippen LogP contribution in [-0.2, 0) is 6.54 Å². The molecule has 0 saturated heterocycles. The van der Waals surface area contributed by atoms with Crippen molar-refractivity contribution in [2.45, 2.75) is 59.2 Å². The highest BCUT2D eigenvalue weighted by atomic mass is 16.3. The number of hydrogen-bond acceptors (Lipinski definition) is 3. The lowest BCUT2D eigenvalue weighted by molar-refractivity contribution is 0.152. The van der Waals surface area contributed by atoms with Crippen LogP contribution < -0.4 is 5.32 Å². The summed E-state index contributed by atoms with van der Waals surface area (Å²) >= 11 is 0. The van der Waals surface area contributed by atoms with Crippen molar-refractivity contribution in [3.8, 4) is 0 Å². The van der Waals surface area contributed by atoms with Crippen molar-refractivity contribution in [2.75, 3.05) is 6.61 Å². The van der Waals surface area contributed by atoms with Crippen molar-refractivity contribution in [3.05, 3.63) is 17.7 Å². The molecule has 2 N–H and O–H groups in total. The second-order valence-electron chi connectivity index (χ2n) is 5.38. The maximum Gasteiger partial charge on any atom is 0.0951 e. The van der Waals surface area contributed by atoms with Crippen LogP contribution in [-0.4, -0.2) is 32.8 Å². The van der Waals surface area contributed by atoms with Crippen molar-refractivity contribution in [1.29, 1.82) is 0 Å². The average molecular weight is 239 g/mol. The summed E-state index contributed by atoms with van der Waals surface area (Å²) in [5, 5.41) is 12.9. The second kappa shape index (κ2) is 5.65. The van der Waals surface area contributed by atoms with E-state index < -0.39 is 0 Å². The van der Waals surface area contributed by atoms with E-state index in [9.17, 15) is 5.11 Å². The number of aliphatic hydroxyl groups excluding tert-OH is 1. The third-order valence-electron chi connectivity index (χ3n) is 3.24. The van der Waals surface area contributed by atoms with Crippen LogP contribution in [0.15, 0.2) is 6.33 Å². The Morgan fingerprint density at radius 2 is 2.12 bits per heavy atom. The van der Waals surface area contributed by atoms with Gasteiger partial charge in [0.2, 0.25) is 0 Å². The molecule has 0 bridgehead atoms. The first-order valence-electron chi connectivity index (χ1n) is 6.25. The van der Waals surface area contributed by atoms with E-state index in [0.29, 0.717) is 6.04 Å². The van der Waals surface area contributed by atoms with E-state index in [1.165, 1.54) is 5.69 Å². The average Bonchev–Trinajstić information content (AvgIpc) is 2.56. The van der Waals surface area contributed by atoms with E-state index in [1.807, 2.05) is 13.3 Å². The molecule has 0 aliphatic heterocycles. The van der Waals surface area contributed by atoms with Gasteiger partial charge in [0.15, 0.2) is 0 Å². The fourth-order valence-corrected chi connectivity index (χ4v) is 2.03. The van der Waals surface area contributed by atoms with Gasteiger partial charge in [0.1, 0.15) is 0 Å². The van der Waals surface area contributed by atoms with Crippen LogP contribution in [0.2, 0.25) is 0 Å². The van der Waals surface area contributed by atoms with E-state index in [0.717, 1.165) is 18.7 Å². The fourth-order valence-electron chi connectivity index (χ4n) is 2.03. The molecule has 1 aromatic heterocycles. The van der Waals surface area contributed by atoms with Gasteiger partial charge in [-0.25, -0.2) is 4.98 Å². The fraction of sp³-hybridized carbons (Fsp3) is 0.769. The zero-order chi connectivity index (χ0) is 13.1. The maximum absolute atomic E-state index is 9.50. The molecule has 0 fully saturated rings. The molecule has 0 saturated carbocycles. The number of hydrogen-bond donors (Lipinski definition) is 2. The summed E-state index contributed by atoms with van der Waals surface area (Å²) in [5.41, 5.74) is 2.06. The minimum atomic E-state index is -0.223. The first-order valence-corrected chi connectivity index (χ1v) is 6.25. The largest absolute Gasteiger partial charge is 0.394 e. The third-order valence-corrected chi connectivity index (χ3v) is 3.24. The third kappa shape index (κ3) is 3.82. The SMILES string of the molecule is Cc1ncn(CCC(C)(CO)NC(C)C)c1C. The first-order chi connectivity index (χ1) is 7.88. The molecule has 1 atom stereocenters. The zero-order valence-electron chi connectivity index (χ0n) is 11.6. The summed E-state index contributed by atoms with van der Waals surface area (Å²) in [4.78, 5) is 4.28. The summed E-state index contributed by atoms with van der Waals surface area (Å²) in [5.74, 6) is 0. The number of rotatable bonds is 6. The van der Waals surface area contributed by atoms with Crippen molar-refractivity contribution in [1.82, 2.24) is 14.9 Å². The van der Waals surface area contributed by atoms with Gasteiger partial charge in [0.05, 0.1) is 18.6 Å². The van der Waals surface area contributed by atoms with Crippen LogP contribution in [0.25, 0.3) is 0 Å². The molecular formula is C13H25N3O. The Balaban J connectivity index is 2.61. The normalized spacial score (nSPS) is 15.2. The number of nitrogens with zero attached hydrogens (tertiary/aromatic N) is 2. The summed E-state index contributed by atoms with van der Waals surface area (Å²) in [7, 11) is 0. The van der Waals surface area contributed by atoms with E-state index >= 15 is 0 Å². The minimum Gasteiger partial charge on any atom is -0.394 e. The molecule has 17 heavy (non-hydrogen) atoms. The Bertz CT molecular complexity index is 360. The summed E-state index contributed by atoms with van der Waals surface area (Å²) in [6.45, 7) is 11.4. The van der Waals surface area contributed by atoms with Crippen LogP contribution in [0.4, 0.5) is 0 Å². The number of nitrogens with one attached hydrogen (secondary N) is 1. The molecule has 1 unspecified atom stereocenters. The Labute approximate surface area is 104 Å². The molecule has 1 aromatic rings. The molecule has 98 valence electrons. The monoisotopic (exact) mass is 239 g/mol. The van der Waals surface area contributed by atoms with Crippen LogP contribution in [0, 0.1) is 13.8 Å². The predicted octanol–water partition coefficient (Wildman–Crippen LogP) is 1.64. The van der Waals surface area contributed by atoms with Crippen molar-refractivity contribution >= 4 is 0 Å². The van der Waals surface area contributed by atoms with E-state index in [-0.39, 0.29) is 12.1 Å². The minimum absolute atomic E-state index is 0.151. The van der Waals surface area contributed by atoms with E-state index in [2.05, 4.69) is 42.6 Å². The van der Waals surface area contributed by atoms with Gasteiger partial charge < -0.3 is 15.0 Å². The molecule has 4 heteroatoms. The highest BCUT2D eigenvalue weighted by molar-refractivity contribution is 5.08. The van der Waals surface area contributed by atoms with Gasteiger partial charge in [-0.15, -0.1) is 0 Å². The molecule has 0 amide bonds. The maximum atomic E-state index is 9.50. The van der Waals surface area contributed by atoms with Gasteiger partial charge in [0, 0.05) is 23.8 Å². The standard InChI is InChI=1S/C13H25N3O/c1-10(2)15-13(5,8-17)6-7-16-9-14-11(3)12(16)4/h9-10,15,17H,6-8H2,1-5H3. The Morgan fingerprint density at radius 1 is 1.47 bits per heavy atom. The van der Waals surface area contributed by atoms with Crippen LogP contribution in [0.3, 0.4) is 0 Å². The smallest absolute Gasteiger partial charge is 0.0951 e. The summed E-state index contributed by atoms with van der Waals surface area (Å²) in [6, 6.07) is 0.373. The zero-order valence-corrected chi connectivity index (χ0v) is 11.6. The number of aryl methyl sites for hydroxylation is 2. The van der Waals surface area contributed by atoms with Crippen LogP contribution >= 0.6 is 0 Å². The van der Waals surface area contributed by atoms with Crippen LogP contribution in [0.1, 0.15) is 38.6 Å². The van der Waals surface area contributed by atoms with Crippen molar-refractivity contribution < 1.29 is 5.11 Å². The molecule has 0 aliphatic rings. The molecule has 1 heterocycles. The van der Waals surface area contributed by atoms with Crippen molar-refractivity contribution in [2.24, 2.45) is 0 Å². The van der Waals surface area contributed by atoms with Crippen molar-refractivity contribution in [3.63, 3.8) is 0 Å². The molecule has 0 aromatic carbocycles. The van der Waals surface area contributed by atoms with Crippen LogP contribution in [0.5, 0.6) is 0 Å². The Kier molecular flexibility index (Phi) is 4.71. The second-order valence-corrected chi connectivity index (χ2v) is 5.38. The summed E-state index contributed by atoms with van der Waals surface area (Å²) in [6.07, 6.45) is 2.76. The van der Waals surface area contributed by atoms with Gasteiger partial charge in [-0.3, -0.25) is 0 Å². The van der Waals surface area contributed by atoms with E-state index in [4.69, 9.17) is 0 Å². The van der Waals surface area contributed by atoms with Gasteiger partial charge in [-0.05, 0) is 27.2 Å². The van der Waals surface area contributed by atoms with Gasteiger partial charge >= 0.3 is 0 Å². The van der Waals surface area contributed by atoms with Gasteiger partial charge in [-0.1, -0.05) is 13.8 Å². The molecule has 0 spiro atoms. The number of imidazole rings is 1. The lowest BCUT2D eigenvalue weighted by atomic mass is 9.98. The lowest BCUT2D eigenvalue weighted by Gasteiger charge is -2.31. The molecule has 4 nitrogen and oxygen atoms in total. The topological polar surface area (TPSA) is 50.1 Å². The molecule has 1 rings (SSSR count). The highest BCUT2D eigenvalue weighted by Gasteiger charge is 2.23. The van der Waals surface area contributed by atoms with Gasteiger partial charge in [-0.2, -0.15) is 0 Å². The molecular weight excluding hydrogens is 214 g/mol. The Hall–Kier alpha value is -0.870. The lowest BCUT2D eigenvalue weighted by Crippen LogP contribution is -2.49. The quantitative estimate of drug-likeness (QED) is 0.793. The van der Waals surface area contributed by atoms with E-state index in [1.54, 1.807) is 0 Å².